The number of H-pyrrole nitrogens is 1. The van der Waals surface area contributed by atoms with Crippen molar-refractivity contribution in [1.29, 1.82) is 0 Å². The molecule has 0 saturated carbocycles. The topological polar surface area (TPSA) is 33.6 Å². The summed E-state index contributed by atoms with van der Waals surface area (Å²) >= 11 is 5.29. The molecule has 0 radical (unpaired) electrons. The molecular weight excluding hydrogens is 266 g/mol. The predicted molar refractivity (Wildman–Crippen MR) is 86.1 cm³/mol. The van der Waals surface area contributed by atoms with Crippen molar-refractivity contribution in [2.75, 3.05) is 0 Å². The number of benzene rings is 1. The van der Waals surface area contributed by atoms with Gasteiger partial charge in [0.15, 0.2) is 4.77 Å². The van der Waals surface area contributed by atoms with Gasteiger partial charge in [-0.25, -0.2) is 0 Å². The Hall–Kier alpha value is -1.42. The normalized spacial score (nSPS) is 12.7. The lowest BCUT2D eigenvalue weighted by atomic mass is 9.80. The summed E-state index contributed by atoms with van der Waals surface area (Å²) in [6, 6.07) is 6.69. The van der Waals surface area contributed by atoms with Gasteiger partial charge in [0.2, 0.25) is 0 Å². The lowest BCUT2D eigenvalue weighted by Crippen LogP contribution is -2.17. The molecular formula is C16H23N3S. The fourth-order valence-corrected chi connectivity index (χ4v) is 2.25. The monoisotopic (exact) mass is 289 g/mol. The number of hydrogen-bond acceptors (Lipinski definition) is 2. The molecule has 0 unspecified atom stereocenters. The largest absolute Gasteiger partial charge is 0.275 e. The summed E-state index contributed by atoms with van der Waals surface area (Å²) in [4.78, 5) is 0. The van der Waals surface area contributed by atoms with Gasteiger partial charge in [0.1, 0.15) is 6.33 Å². The number of rotatable bonds is 1. The molecule has 108 valence electrons. The molecule has 0 atom stereocenters. The number of nitrogens with one attached hydrogen (secondary N) is 1. The maximum Gasteiger partial charge on any atom is 0.199 e. The molecule has 0 fully saturated rings. The Morgan fingerprint density at radius 2 is 1.45 bits per heavy atom. The lowest BCUT2D eigenvalue weighted by molar-refractivity contribution is 0.567. The van der Waals surface area contributed by atoms with Crippen LogP contribution in [0.4, 0.5) is 0 Å². The van der Waals surface area contributed by atoms with Crippen molar-refractivity contribution in [3.8, 4) is 5.69 Å². The van der Waals surface area contributed by atoms with Gasteiger partial charge in [0.25, 0.3) is 0 Å². The molecule has 1 heterocycles. The van der Waals surface area contributed by atoms with Crippen molar-refractivity contribution in [1.82, 2.24) is 14.8 Å². The standard InChI is InChI=1S/C16H23N3S/c1-15(2,3)11-7-12(16(4,5)6)9-13(8-11)19-10-17-18-14(19)20/h7-10H,1-6H3,(H,18,20). The van der Waals surface area contributed by atoms with Crippen molar-refractivity contribution < 1.29 is 0 Å². The quantitative estimate of drug-likeness (QED) is 0.783. The molecule has 2 rings (SSSR count). The van der Waals surface area contributed by atoms with E-state index in [4.69, 9.17) is 12.2 Å². The molecule has 0 aliphatic carbocycles. The van der Waals surface area contributed by atoms with E-state index in [2.05, 4.69) is 69.9 Å². The van der Waals surface area contributed by atoms with Crippen LogP contribution in [0, 0.1) is 4.77 Å². The molecule has 0 saturated heterocycles. The molecule has 1 aromatic carbocycles. The first-order valence-electron chi connectivity index (χ1n) is 6.87. The van der Waals surface area contributed by atoms with Gasteiger partial charge in [-0.3, -0.25) is 9.67 Å². The number of aromatic amines is 1. The molecule has 1 N–H and O–H groups in total. The van der Waals surface area contributed by atoms with Gasteiger partial charge in [-0.15, -0.1) is 0 Å². The molecule has 20 heavy (non-hydrogen) atoms. The van der Waals surface area contributed by atoms with Crippen LogP contribution in [0.15, 0.2) is 24.5 Å². The van der Waals surface area contributed by atoms with Crippen LogP contribution in [0.25, 0.3) is 5.69 Å². The van der Waals surface area contributed by atoms with Gasteiger partial charge in [-0.05, 0) is 46.3 Å². The van der Waals surface area contributed by atoms with E-state index in [1.807, 2.05) is 4.57 Å². The third-order valence-corrected chi connectivity index (χ3v) is 3.77. The summed E-state index contributed by atoms with van der Waals surface area (Å²) < 4.78 is 2.54. The third kappa shape index (κ3) is 3.01. The summed E-state index contributed by atoms with van der Waals surface area (Å²) in [6.45, 7) is 13.4. The van der Waals surface area contributed by atoms with Crippen LogP contribution >= 0.6 is 12.2 Å². The second-order valence-electron chi connectivity index (χ2n) is 7.30. The van der Waals surface area contributed by atoms with Crippen molar-refractivity contribution in [3.05, 3.63) is 40.4 Å². The highest BCUT2D eigenvalue weighted by Crippen LogP contribution is 2.31. The van der Waals surface area contributed by atoms with Crippen LogP contribution in [0.2, 0.25) is 0 Å². The highest BCUT2D eigenvalue weighted by Gasteiger charge is 2.21. The Morgan fingerprint density at radius 1 is 0.950 bits per heavy atom. The van der Waals surface area contributed by atoms with Gasteiger partial charge in [-0.2, -0.15) is 5.10 Å². The lowest BCUT2D eigenvalue weighted by Gasteiger charge is -2.26. The third-order valence-electron chi connectivity index (χ3n) is 3.48. The number of aromatic nitrogens is 3. The first-order valence-corrected chi connectivity index (χ1v) is 7.28. The summed E-state index contributed by atoms with van der Waals surface area (Å²) in [6.07, 6.45) is 1.73. The van der Waals surface area contributed by atoms with Crippen LogP contribution in [0.1, 0.15) is 52.7 Å². The van der Waals surface area contributed by atoms with Gasteiger partial charge in [-0.1, -0.05) is 47.6 Å². The minimum Gasteiger partial charge on any atom is -0.275 e. The Balaban J connectivity index is 2.70. The van der Waals surface area contributed by atoms with E-state index >= 15 is 0 Å². The molecule has 1 aromatic heterocycles. The van der Waals surface area contributed by atoms with E-state index in [9.17, 15) is 0 Å². The zero-order valence-electron chi connectivity index (χ0n) is 13.1. The Bertz CT molecular complexity index is 634. The van der Waals surface area contributed by atoms with Crippen LogP contribution in [-0.2, 0) is 10.8 Å². The first kappa shape index (κ1) is 15.0. The van der Waals surface area contributed by atoms with Gasteiger partial charge in [0, 0.05) is 5.69 Å². The minimum absolute atomic E-state index is 0.0991. The second-order valence-corrected chi connectivity index (χ2v) is 7.69. The van der Waals surface area contributed by atoms with Crippen LogP contribution in [-0.4, -0.2) is 14.8 Å². The fraction of sp³-hybridized carbons (Fsp3) is 0.500. The van der Waals surface area contributed by atoms with Gasteiger partial charge >= 0.3 is 0 Å². The highest BCUT2D eigenvalue weighted by molar-refractivity contribution is 7.71. The first-order chi connectivity index (χ1) is 9.09. The van der Waals surface area contributed by atoms with Crippen molar-refractivity contribution in [2.24, 2.45) is 0 Å². The minimum atomic E-state index is 0.0991. The van der Waals surface area contributed by atoms with E-state index < -0.39 is 0 Å². The van der Waals surface area contributed by atoms with Crippen LogP contribution < -0.4 is 0 Å². The number of nitrogens with zero attached hydrogens (tertiary/aromatic N) is 2. The zero-order chi connectivity index (χ0) is 15.1. The van der Waals surface area contributed by atoms with Crippen LogP contribution in [0.3, 0.4) is 0 Å². The smallest absolute Gasteiger partial charge is 0.199 e. The van der Waals surface area contributed by atoms with Gasteiger partial charge < -0.3 is 0 Å². The molecule has 0 aliphatic rings. The van der Waals surface area contributed by atoms with Crippen molar-refractivity contribution in [2.45, 2.75) is 52.4 Å². The van der Waals surface area contributed by atoms with Crippen molar-refractivity contribution in [3.63, 3.8) is 0 Å². The fourth-order valence-electron chi connectivity index (χ4n) is 2.05. The average molecular weight is 289 g/mol. The second kappa shape index (κ2) is 4.85. The molecule has 0 spiro atoms. The summed E-state index contributed by atoms with van der Waals surface area (Å²) in [5.41, 5.74) is 3.89. The van der Waals surface area contributed by atoms with Crippen LogP contribution in [0.5, 0.6) is 0 Å². The molecule has 4 heteroatoms. The Labute approximate surface area is 126 Å². The van der Waals surface area contributed by atoms with E-state index in [-0.39, 0.29) is 10.8 Å². The predicted octanol–water partition coefficient (Wildman–Crippen LogP) is 4.52. The Kier molecular flexibility index (Phi) is 3.63. The van der Waals surface area contributed by atoms with E-state index in [1.54, 1.807) is 6.33 Å². The maximum atomic E-state index is 5.29. The molecule has 0 aliphatic heterocycles. The van der Waals surface area contributed by atoms with Gasteiger partial charge in [0.05, 0.1) is 0 Å². The summed E-state index contributed by atoms with van der Waals surface area (Å²) in [5.74, 6) is 0. The zero-order valence-corrected chi connectivity index (χ0v) is 13.9. The number of hydrogen-bond donors (Lipinski definition) is 1. The average Bonchev–Trinajstić information content (AvgIpc) is 2.72. The van der Waals surface area contributed by atoms with E-state index in [1.165, 1.54) is 11.1 Å². The summed E-state index contributed by atoms with van der Waals surface area (Å²) in [7, 11) is 0. The maximum absolute atomic E-state index is 5.29. The Morgan fingerprint density at radius 3 is 1.80 bits per heavy atom. The molecule has 0 bridgehead atoms. The molecule has 2 aromatic rings. The summed E-state index contributed by atoms with van der Waals surface area (Å²) in [5, 5.41) is 6.83. The van der Waals surface area contributed by atoms with E-state index in [0.29, 0.717) is 4.77 Å². The van der Waals surface area contributed by atoms with E-state index in [0.717, 1.165) is 5.69 Å². The molecule has 3 nitrogen and oxygen atoms in total. The highest BCUT2D eigenvalue weighted by atomic mass is 32.1. The van der Waals surface area contributed by atoms with Crippen molar-refractivity contribution >= 4 is 12.2 Å². The SMILES string of the molecule is CC(C)(C)c1cc(-n2cn[nH]c2=S)cc(C(C)(C)C)c1. The molecule has 0 amide bonds.